The number of aryl methyl sites for hydroxylation is 1. The second kappa shape index (κ2) is 5.28. The Morgan fingerprint density at radius 3 is 2.83 bits per heavy atom. The molecule has 0 aliphatic rings. The highest BCUT2D eigenvalue weighted by Gasteiger charge is 2.07. The summed E-state index contributed by atoms with van der Waals surface area (Å²) in [5.74, 6) is 4.98. The van der Waals surface area contributed by atoms with Gasteiger partial charge < -0.3 is 10.7 Å². The largest absolute Gasteiger partial charge is 0.345 e. The van der Waals surface area contributed by atoms with Crippen LogP contribution in [0.2, 0.25) is 0 Å². The molecule has 0 aliphatic heterocycles. The van der Waals surface area contributed by atoms with Crippen molar-refractivity contribution >= 4 is 11.6 Å². The first kappa shape index (κ1) is 12.1. The van der Waals surface area contributed by atoms with E-state index >= 15 is 0 Å². The Labute approximate surface area is 104 Å². The van der Waals surface area contributed by atoms with Crippen LogP contribution in [-0.4, -0.2) is 20.7 Å². The summed E-state index contributed by atoms with van der Waals surface area (Å²) in [4.78, 5) is 15.8. The minimum atomic E-state index is -0.236. The summed E-state index contributed by atoms with van der Waals surface area (Å²) in [5.41, 5.74) is 4.36. The molecule has 0 spiro atoms. The minimum absolute atomic E-state index is 0.236. The summed E-state index contributed by atoms with van der Waals surface area (Å²) >= 11 is 0. The van der Waals surface area contributed by atoms with Gasteiger partial charge in [-0.3, -0.25) is 15.3 Å². The molecule has 0 aliphatic carbocycles. The number of anilines is 1. The Morgan fingerprint density at radius 1 is 1.44 bits per heavy atom. The van der Waals surface area contributed by atoms with Crippen molar-refractivity contribution in [1.82, 2.24) is 20.1 Å². The molecule has 2 aromatic rings. The van der Waals surface area contributed by atoms with E-state index in [0.717, 1.165) is 5.69 Å². The molecule has 4 N–H and O–H groups in total. The average molecular weight is 246 g/mol. The van der Waals surface area contributed by atoms with Crippen LogP contribution < -0.4 is 16.6 Å². The first-order chi connectivity index (χ1) is 8.70. The van der Waals surface area contributed by atoms with Gasteiger partial charge in [-0.25, -0.2) is 4.98 Å². The molecule has 2 rings (SSSR count). The van der Waals surface area contributed by atoms with Crippen LogP contribution in [0.3, 0.4) is 0 Å². The van der Waals surface area contributed by atoms with Crippen LogP contribution in [0.4, 0.5) is 5.69 Å². The molecule has 18 heavy (non-hydrogen) atoms. The molecule has 0 radical (unpaired) electrons. The van der Waals surface area contributed by atoms with E-state index in [9.17, 15) is 4.79 Å². The van der Waals surface area contributed by atoms with Crippen LogP contribution in [0.25, 0.3) is 0 Å². The second-order valence-corrected chi connectivity index (χ2v) is 3.71. The molecular weight excluding hydrogens is 232 g/mol. The Morgan fingerprint density at radius 2 is 2.28 bits per heavy atom. The maximum Gasteiger partial charge on any atom is 0.270 e. The minimum Gasteiger partial charge on any atom is -0.345 e. The Kier molecular flexibility index (Phi) is 3.54. The van der Waals surface area contributed by atoms with Gasteiger partial charge in [0.2, 0.25) is 0 Å². The van der Waals surface area contributed by atoms with Gasteiger partial charge in [-0.1, -0.05) is 0 Å². The quantitative estimate of drug-likeness (QED) is 0.522. The summed E-state index contributed by atoms with van der Waals surface area (Å²) in [6.07, 6.45) is 3.18. The van der Waals surface area contributed by atoms with Gasteiger partial charge in [0.1, 0.15) is 5.69 Å². The van der Waals surface area contributed by atoms with Crippen molar-refractivity contribution in [2.45, 2.75) is 6.54 Å². The molecule has 1 amide bonds. The molecule has 0 saturated carbocycles. The number of aromatic nitrogens is 3. The molecule has 0 atom stereocenters. The van der Waals surface area contributed by atoms with E-state index in [2.05, 4.69) is 20.8 Å². The Balaban J connectivity index is 1.97. The molecule has 2 aromatic heterocycles. The molecule has 7 nitrogen and oxygen atoms in total. The van der Waals surface area contributed by atoms with Gasteiger partial charge in [0.15, 0.2) is 0 Å². The smallest absolute Gasteiger partial charge is 0.270 e. The van der Waals surface area contributed by atoms with Crippen LogP contribution in [0.1, 0.15) is 16.2 Å². The van der Waals surface area contributed by atoms with Crippen molar-refractivity contribution in [2.75, 3.05) is 5.43 Å². The summed E-state index contributed by atoms with van der Waals surface area (Å²) in [6.45, 7) is 0.411. The number of nitrogen functional groups attached to an aromatic ring is 1. The predicted molar refractivity (Wildman–Crippen MR) is 66.4 cm³/mol. The van der Waals surface area contributed by atoms with Crippen molar-refractivity contribution in [2.24, 2.45) is 12.9 Å². The lowest BCUT2D eigenvalue weighted by Gasteiger charge is -2.05. The highest BCUT2D eigenvalue weighted by molar-refractivity contribution is 5.92. The Hall–Kier alpha value is -2.41. The number of amides is 1. The van der Waals surface area contributed by atoms with Gasteiger partial charge >= 0.3 is 0 Å². The number of hydrogen-bond donors (Lipinski definition) is 3. The van der Waals surface area contributed by atoms with E-state index in [-0.39, 0.29) is 5.91 Å². The Bertz CT molecular complexity index is 533. The average Bonchev–Trinajstić information content (AvgIpc) is 2.81. The number of carbonyl (C=O) groups is 1. The van der Waals surface area contributed by atoms with E-state index in [1.807, 2.05) is 13.1 Å². The fourth-order valence-corrected chi connectivity index (χ4v) is 1.45. The zero-order valence-corrected chi connectivity index (χ0v) is 9.92. The SMILES string of the molecule is Cn1nccc1CNC(=O)c1ccc(NN)cn1. The second-order valence-electron chi connectivity index (χ2n) is 3.71. The molecule has 0 saturated heterocycles. The fourth-order valence-electron chi connectivity index (χ4n) is 1.45. The van der Waals surface area contributed by atoms with Crippen LogP contribution in [0.15, 0.2) is 30.6 Å². The normalized spacial score (nSPS) is 10.1. The van der Waals surface area contributed by atoms with Gasteiger partial charge in [-0.15, -0.1) is 0 Å². The van der Waals surface area contributed by atoms with E-state index in [1.54, 1.807) is 23.0 Å². The number of hydrogen-bond acceptors (Lipinski definition) is 5. The molecule has 2 heterocycles. The zero-order valence-electron chi connectivity index (χ0n) is 9.92. The van der Waals surface area contributed by atoms with Gasteiger partial charge in [-0.05, 0) is 18.2 Å². The van der Waals surface area contributed by atoms with Gasteiger partial charge in [0.25, 0.3) is 5.91 Å². The van der Waals surface area contributed by atoms with Crippen LogP contribution in [0.5, 0.6) is 0 Å². The lowest BCUT2D eigenvalue weighted by Crippen LogP contribution is -2.25. The highest BCUT2D eigenvalue weighted by Crippen LogP contribution is 2.04. The maximum absolute atomic E-state index is 11.8. The van der Waals surface area contributed by atoms with E-state index in [4.69, 9.17) is 5.84 Å². The van der Waals surface area contributed by atoms with Crippen LogP contribution in [-0.2, 0) is 13.6 Å². The third-order valence-electron chi connectivity index (χ3n) is 2.52. The fraction of sp³-hybridized carbons (Fsp3) is 0.182. The van der Waals surface area contributed by atoms with Crippen molar-refractivity contribution in [3.63, 3.8) is 0 Å². The predicted octanol–water partition coefficient (Wildman–Crippen LogP) is 0.0307. The third kappa shape index (κ3) is 2.64. The van der Waals surface area contributed by atoms with Gasteiger partial charge in [0, 0.05) is 13.2 Å². The zero-order chi connectivity index (χ0) is 13.0. The van der Waals surface area contributed by atoms with Crippen LogP contribution >= 0.6 is 0 Å². The topological polar surface area (TPSA) is 97.9 Å². The number of nitrogens with zero attached hydrogens (tertiary/aromatic N) is 3. The first-order valence-electron chi connectivity index (χ1n) is 5.38. The number of nitrogens with two attached hydrogens (primary N) is 1. The van der Waals surface area contributed by atoms with E-state index < -0.39 is 0 Å². The maximum atomic E-state index is 11.8. The molecule has 0 bridgehead atoms. The van der Waals surface area contributed by atoms with Crippen molar-refractivity contribution in [3.05, 3.63) is 42.0 Å². The lowest BCUT2D eigenvalue weighted by atomic mass is 10.3. The standard InChI is InChI=1S/C11H14N6O/c1-17-9(4-5-15-17)7-14-11(18)10-3-2-8(16-12)6-13-10/h2-6,16H,7,12H2,1H3,(H,14,18). The van der Waals surface area contributed by atoms with Crippen LogP contribution in [0, 0.1) is 0 Å². The monoisotopic (exact) mass is 246 g/mol. The summed E-state index contributed by atoms with van der Waals surface area (Å²) in [6, 6.07) is 5.13. The third-order valence-corrected chi connectivity index (χ3v) is 2.52. The number of rotatable bonds is 4. The first-order valence-corrected chi connectivity index (χ1v) is 5.38. The molecular formula is C11H14N6O. The lowest BCUT2D eigenvalue weighted by molar-refractivity contribution is 0.0945. The van der Waals surface area contributed by atoms with Crippen molar-refractivity contribution in [1.29, 1.82) is 0 Å². The molecule has 94 valence electrons. The van der Waals surface area contributed by atoms with Crippen molar-refractivity contribution < 1.29 is 4.79 Å². The summed E-state index contributed by atoms with van der Waals surface area (Å²) in [7, 11) is 1.82. The van der Waals surface area contributed by atoms with E-state index in [1.165, 1.54) is 6.20 Å². The number of pyridine rings is 1. The van der Waals surface area contributed by atoms with Gasteiger partial charge in [0.05, 0.1) is 24.1 Å². The highest BCUT2D eigenvalue weighted by atomic mass is 16.1. The molecule has 0 aromatic carbocycles. The molecule has 0 unspecified atom stereocenters. The summed E-state index contributed by atoms with van der Waals surface area (Å²) < 4.78 is 1.70. The molecule has 7 heteroatoms. The number of carbonyl (C=O) groups excluding carboxylic acids is 1. The number of hydrazine groups is 1. The van der Waals surface area contributed by atoms with Crippen molar-refractivity contribution in [3.8, 4) is 0 Å². The number of nitrogens with one attached hydrogen (secondary N) is 2. The van der Waals surface area contributed by atoms with E-state index in [0.29, 0.717) is 17.9 Å². The molecule has 0 fully saturated rings. The summed E-state index contributed by atoms with van der Waals surface area (Å²) in [5, 5.41) is 6.78. The van der Waals surface area contributed by atoms with Gasteiger partial charge in [-0.2, -0.15) is 5.10 Å².